The van der Waals surface area contributed by atoms with Gasteiger partial charge in [-0.25, -0.2) is 0 Å². The van der Waals surface area contributed by atoms with Crippen molar-refractivity contribution in [2.75, 3.05) is 0 Å². The maximum absolute atomic E-state index is 10.3. The van der Waals surface area contributed by atoms with Gasteiger partial charge in [0.15, 0.2) is 0 Å². The van der Waals surface area contributed by atoms with Crippen LogP contribution in [0.1, 0.15) is 85.0 Å². The van der Waals surface area contributed by atoms with Gasteiger partial charge in [0.2, 0.25) is 0 Å². The first kappa shape index (κ1) is 15.5. The number of fused-ring (bicyclic) bond motifs is 5. The van der Waals surface area contributed by atoms with E-state index in [4.69, 9.17) is 0 Å². The molecule has 0 bridgehead atoms. The summed E-state index contributed by atoms with van der Waals surface area (Å²) in [5.74, 6) is 4.47. The third-order valence-corrected chi connectivity index (χ3v) is 9.24. The van der Waals surface area contributed by atoms with Gasteiger partial charge in [0, 0.05) is 0 Å². The smallest absolute Gasteiger partial charge is 0.0545 e. The lowest BCUT2D eigenvalue weighted by Crippen LogP contribution is -2.53. The molecule has 4 aliphatic rings. The first-order valence-electron chi connectivity index (χ1n) is 10.1. The first-order chi connectivity index (χ1) is 10.5. The van der Waals surface area contributed by atoms with Crippen LogP contribution in [0.25, 0.3) is 0 Å². The van der Waals surface area contributed by atoms with E-state index in [9.17, 15) is 5.11 Å². The highest BCUT2D eigenvalue weighted by Gasteiger charge is 2.60. The molecule has 0 amide bonds. The summed E-state index contributed by atoms with van der Waals surface area (Å²) in [6.07, 6.45) is 14.4. The fraction of sp³-hybridized carbons (Fsp3) is 1.00. The zero-order valence-electron chi connectivity index (χ0n) is 15.0. The van der Waals surface area contributed by atoms with Crippen molar-refractivity contribution in [2.24, 2.45) is 40.4 Å². The maximum atomic E-state index is 10.3. The first-order valence-corrected chi connectivity index (χ1v) is 10.1. The van der Waals surface area contributed by atoms with E-state index in [1.165, 1.54) is 64.2 Å². The van der Waals surface area contributed by atoms with Gasteiger partial charge in [0.25, 0.3) is 0 Å². The topological polar surface area (TPSA) is 20.2 Å². The molecule has 0 unspecified atom stereocenters. The molecular weight excluding hydrogens is 268 g/mol. The molecule has 22 heavy (non-hydrogen) atoms. The second-order valence-electron chi connectivity index (χ2n) is 9.87. The van der Waals surface area contributed by atoms with Crippen LogP contribution in [0.3, 0.4) is 0 Å². The molecule has 0 aliphatic heterocycles. The normalized spacial score (nSPS) is 55.9. The second kappa shape index (κ2) is 5.23. The zero-order valence-corrected chi connectivity index (χ0v) is 15.0. The summed E-state index contributed by atoms with van der Waals surface area (Å²) >= 11 is 0. The van der Waals surface area contributed by atoms with Gasteiger partial charge < -0.3 is 5.11 Å². The Morgan fingerprint density at radius 1 is 0.818 bits per heavy atom. The predicted molar refractivity (Wildman–Crippen MR) is 91.5 cm³/mol. The van der Waals surface area contributed by atoms with Crippen LogP contribution in [0.2, 0.25) is 0 Å². The van der Waals surface area contributed by atoms with Crippen molar-refractivity contribution in [1.29, 1.82) is 0 Å². The molecule has 0 aromatic heterocycles. The largest absolute Gasteiger partial charge is 0.393 e. The van der Waals surface area contributed by atoms with Crippen molar-refractivity contribution in [3.05, 3.63) is 0 Å². The molecule has 0 spiro atoms. The Hall–Kier alpha value is -0.0400. The lowest BCUT2D eigenvalue weighted by atomic mass is 9.45. The highest BCUT2D eigenvalue weighted by Crippen LogP contribution is 2.67. The van der Waals surface area contributed by atoms with Crippen molar-refractivity contribution in [2.45, 2.75) is 91.1 Å². The fourth-order valence-corrected chi connectivity index (χ4v) is 8.13. The summed E-state index contributed by atoms with van der Waals surface area (Å²) in [5, 5.41) is 10.3. The van der Waals surface area contributed by atoms with Crippen molar-refractivity contribution < 1.29 is 5.11 Å². The van der Waals surface area contributed by atoms with Crippen LogP contribution in [-0.2, 0) is 0 Å². The van der Waals surface area contributed by atoms with E-state index in [0.717, 1.165) is 23.7 Å². The molecule has 126 valence electrons. The Morgan fingerprint density at radius 3 is 2.36 bits per heavy atom. The highest BCUT2D eigenvalue weighted by molar-refractivity contribution is 5.09. The van der Waals surface area contributed by atoms with Crippen LogP contribution in [0, 0.1) is 40.4 Å². The van der Waals surface area contributed by atoms with Crippen LogP contribution < -0.4 is 0 Å². The van der Waals surface area contributed by atoms with Gasteiger partial charge in [-0.1, -0.05) is 26.7 Å². The van der Waals surface area contributed by atoms with Gasteiger partial charge in [-0.15, -0.1) is 0 Å². The van der Waals surface area contributed by atoms with E-state index in [2.05, 4.69) is 13.8 Å². The highest BCUT2D eigenvalue weighted by atomic mass is 16.3. The molecule has 0 aromatic carbocycles. The minimum Gasteiger partial charge on any atom is -0.393 e. The number of rotatable bonds is 1. The summed E-state index contributed by atoms with van der Waals surface area (Å²) in [4.78, 5) is 0. The van der Waals surface area contributed by atoms with Gasteiger partial charge in [0.1, 0.15) is 0 Å². The molecule has 8 atom stereocenters. The molecule has 4 saturated carbocycles. The van der Waals surface area contributed by atoms with E-state index in [-0.39, 0.29) is 6.10 Å². The monoisotopic (exact) mass is 304 g/mol. The van der Waals surface area contributed by atoms with Gasteiger partial charge in [-0.2, -0.15) is 0 Å². The molecule has 0 radical (unpaired) electrons. The van der Waals surface area contributed by atoms with E-state index < -0.39 is 0 Å². The summed E-state index contributed by atoms with van der Waals surface area (Å²) in [5.41, 5.74) is 1.10. The minimum atomic E-state index is -0.104. The van der Waals surface area contributed by atoms with Gasteiger partial charge >= 0.3 is 0 Å². The van der Waals surface area contributed by atoms with E-state index in [1.807, 2.05) is 6.92 Å². The average Bonchev–Trinajstić information content (AvgIpc) is 2.84. The average molecular weight is 305 g/mol. The van der Waals surface area contributed by atoms with Gasteiger partial charge in [-0.05, 0) is 98.7 Å². The van der Waals surface area contributed by atoms with Gasteiger partial charge in [-0.3, -0.25) is 0 Å². The Bertz CT molecular complexity index is 430. The molecule has 1 nitrogen and oxygen atoms in total. The maximum Gasteiger partial charge on any atom is 0.0545 e. The van der Waals surface area contributed by atoms with E-state index in [1.54, 1.807) is 0 Å². The van der Waals surface area contributed by atoms with Crippen molar-refractivity contribution in [1.82, 2.24) is 0 Å². The summed E-state index contributed by atoms with van der Waals surface area (Å²) in [7, 11) is 0. The molecule has 0 saturated heterocycles. The zero-order chi connectivity index (χ0) is 15.5. The lowest BCUT2D eigenvalue weighted by Gasteiger charge is -2.60. The third kappa shape index (κ3) is 2.00. The summed E-state index contributed by atoms with van der Waals surface area (Å²) < 4.78 is 0. The molecular formula is C21H36O. The molecule has 0 aromatic rings. The molecule has 1 heteroatoms. The van der Waals surface area contributed by atoms with Crippen LogP contribution in [0.5, 0.6) is 0 Å². The van der Waals surface area contributed by atoms with Crippen molar-refractivity contribution in [3.63, 3.8) is 0 Å². The number of hydrogen-bond donors (Lipinski definition) is 1. The quantitative estimate of drug-likeness (QED) is 0.686. The second-order valence-corrected chi connectivity index (χ2v) is 9.87. The third-order valence-electron chi connectivity index (χ3n) is 9.24. The lowest BCUT2D eigenvalue weighted by molar-refractivity contribution is -0.118. The predicted octanol–water partition coefficient (Wildman–Crippen LogP) is 5.42. The standard InChI is InChI=1S/C21H36O/c1-14(22)17-9-10-18-16-8-7-15-6-4-5-12-20(15,2)19(16)11-13-21(17,18)3/h14-19,22H,4-13H2,1-3H3/t14-,15+,16+,17-,18+,19+,20+,21-/m1/s1. The van der Waals surface area contributed by atoms with E-state index in [0.29, 0.717) is 16.7 Å². The van der Waals surface area contributed by atoms with Crippen molar-refractivity contribution in [3.8, 4) is 0 Å². The number of hydrogen-bond acceptors (Lipinski definition) is 1. The molecule has 4 rings (SSSR count). The Kier molecular flexibility index (Phi) is 3.68. The van der Waals surface area contributed by atoms with Gasteiger partial charge in [0.05, 0.1) is 6.10 Å². The number of aliphatic hydroxyl groups excluding tert-OH is 1. The summed E-state index contributed by atoms with van der Waals surface area (Å²) in [6, 6.07) is 0. The molecule has 4 aliphatic carbocycles. The number of aliphatic hydroxyl groups is 1. The SMILES string of the molecule is C[C@@H](O)[C@H]1CC[C@H]2[C@@H]3CC[C@@H]4CCCC[C@]4(C)[C@H]3CC[C@]12C. The van der Waals surface area contributed by atoms with E-state index >= 15 is 0 Å². The molecule has 4 fully saturated rings. The van der Waals surface area contributed by atoms with Crippen LogP contribution in [0.15, 0.2) is 0 Å². The van der Waals surface area contributed by atoms with Crippen LogP contribution in [0.4, 0.5) is 0 Å². The fourth-order valence-electron chi connectivity index (χ4n) is 8.13. The minimum absolute atomic E-state index is 0.104. The Morgan fingerprint density at radius 2 is 1.59 bits per heavy atom. The molecule has 1 N–H and O–H groups in total. The van der Waals surface area contributed by atoms with Crippen LogP contribution >= 0.6 is 0 Å². The van der Waals surface area contributed by atoms with Crippen molar-refractivity contribution >= 4 is 0 Å². The van der Waals surface area contributed by atoms with Crippen LogP contribution in [-0.4, -0.2) is 11.2 Å². The Balaban J connectivity index is 1.62. The Labute approximate surface area is 137 Å². The molecule has 0 heterocycles. The summed E-state index contributed by atoms with van der Waals surface area (Å²) in [6.45, 7) is 7.24.